The van der Waals surface area contributed by atoms with Crippen LogP contribution in [0.5, 0.6) is 11.5 Å². The van der Waals surface area contributed by atoms with Crippen molar-refractivity contribution in [3.63, 3.8) is 0 Å². The van der Waals surface area contributed by atoms with Gasteiger partial charge < -0.3 is 9.47 Å². The fourth-order valence-corrected chi connectivity index (χ4v) is 1.20. The molecule has 0 aliphatic heterocycles. The number of carbonyl (C=O) groups excluding carboxylic acids is 1. The minimum atomic E-state index is -0.371. The highest BCUT2D eigenvalue weighted by Crippen LogP contribution is 2.22. The molecule has 0 aromatic heterocycles. The molecule has 92 valence electrons. The number of nitrogens with zero attached hydrogens (tertiary/aromatic N) is 1. The second-order valence-corrected chi connectivity index (χ2v) is 3.30. The Labute approximate surface area is 104 Å². The molecule has 0 atom stereocenters. The first-order chi connectivity index (χ1) is 8.21. The number of rotatable bonds is 5. The van der Waals surface area contributed by atoms with Gasteiger partial charge in [-0.25, -0.2) is 5.43 Å². The van der Waals surface area contributed by atoms with Crippen LogP contribution >= 0.6 is 11.6 Å². The van der Waals surface area contributed by atoms with Crippen molar-refractivity contribution in [2.45, 2.75) is 0 Å². The maximum Gasteiger partial charge on any atom is 0.254 e. The standard InChI is InChI=1S/C11H13ClN2O3/c1-16-9-3-4-10(17-2)8(5-9)7-13-14-11(15)6-12/h3-5,7H,6H2,1-2H3,(H,14,15). The molecule has 1 aromatic carbocycles. The van der Waals surface area contributed by atoms with E-state index in [9.17, 15) is 4.79 Å². The molecule has 6 heteroatoms. The first kappa shape index (κ1) is 13.3. The van der Waals surface area contributed by atoms with Gasteiger partial charge in [-0.2, -0.15) is 5.10 Å². The van der Waals surface area contributed by atoms with E-state index >= 15 is 0 Å². The molecule has 5 nitrogen and oxygen atoms in total. The van der Waals surface area contributed by atoms with E-state index in [1.165, 1.54) is 6.21 Å². The van der Waals surface area contributed by atoms with Crippen LogP contribution in [-0.4, -0.2) is 32.2 Å². The smallest absolute Gasteiger partial charge is 0.254 e. The zero-order valence-corrected chi connectivity index (χ0v) is 10.3. The van der Waals surface area contributed by atoms with Crippen molar-refractivity contribution in [1.29, 1.82) is 0 Å². The van der Waals surface area contributed by atoms with Crippen LogP contribution in [0, 0.1) is 0 Å². The van der Waals surface area contributed by atoms with Crippen molar-refractivity contribution in [3.05, 3.63) is 23.8 Å². The summed E-state index contributed by atoms with van der Waals surface area (Å²) in [5.41, 5.74) is 2.97. The van der Waals surface area contributed by atoms with Gasteiger partial charge in [0.1, 0.15) is 17.4 Å². The first-order valence-electron chi connectivity index (χ1n) is 4.81. The second kappa shape index (κ2) is 6.75. The SMILES string of the molecule is COc1ccc(OC)c(C=NNC(=O)CCl)c1. The molecule has 0 spiro atoms. The summed E-state index contributed by atoms with van der Waals surface area (Å²) in [5.74, 6) is 0.808. The Hall–Kier alpha value is -1.75. The third kappa shape index (κ3) is 3.96. The summed E-state index contributed by atoms with van der Waals surface area (Å²) in [5, 5.41) is 3.75. The Bertz CT molecular complexity index is 421. The second-order valence-electron chi connectivity index (χ2n) is 3.03. The average molecular weight is 257 g/mol. The highest BCUT2D eigenvalue weighted by atomic mass is 35.5. The van der Waals surface area contributed by atoms with Gasteiger partial charge >= 0.3 is 0 Å². The molecule has 1 rings (SSSR count). The van der Waals surface area contributed by atoms with E-state index in [0.717, 1.165) is 0 Å². The number of ether oxygens (including phenoxy) is 2. The average Bonchev–Trinajstić information content (AvgIpc) is 2.38. The summed E-state index contributed by atoms with van der Waals surface area (Å²) < 4.78 is 10.2. The molecule has 1 N–H and O–H groups in total. The minimum absolute atomic E-state index is 0.132. The topological polar surface area (TPSA) is 59.9 Å². The van der Waals surface area contributed by atoms with E-state index in [0.29, 0.717) is 17.1 Å². The molecule has 0 heterocycles. The first-order valence-corrected chi connectivity index (χ1v) is 5.34. The fraction of sp³-hybridized carbons (Fsp3) is 0.273. The van der Waals surface area contributed by atoms with Crippen LogP contribution in [0.3, 0.4) is 0 Å². The summed E-state index contributed by atoms with van der Waals surface area (Å²) in [4.78, 5) is 10.9. The van der Waals surface area contributed by atoms with Crippen molar-refractivity contribution in [2.24, 2.45) is 5.10 Å². The zero-order chi connectivity index (χ0) is 12.7. The predicted molar refractivity (Wildman–Crippen MR) is 66.0 cm³/mol. The number of hydrogen-bond donors (Lipinski definition) is 1. The fourth-order valence-electron chi connectivity index (χ4n) is 1.14. The third-order valence-electron chi connectivity index (χ3n) is 1.95. The zero-order valence-electron chi connectivity index (χ0n) is 9.57. The summed E-state index contributed by atoms with van der Waals surface area (Å²) >= 11 is 5.31. The Kier molecular flexibility index (Phi) is 5.29. The van der Waals surface area contributed by atoms with Crippen molar-refractivity contribution in [2.75, 3.05) is 20.1 Å². The maximum absolute atomic E-state index is 10.9. The number of alkyl halides is 1. The lowest BCUT2D eigenvalue weighted by Gasteiger charge is -2.06. The van der Waals surface area contributed by atoms with E-state index in [2.05, 4.69) is 10.5 Å². The number of methoxy groups -OCH3 is 2. The Balaban J connectivity index is 2.83. The van der Waals surface area contributed by atoms with Crippen LogP contribution in [0.4, 0.5) is 0 Å². The van der Waals surface area contributed by atoms with Gasteiger partial charge in [0.15, 0.2) is 0 Å². The number of hydrogen-bond acceptors (Lipinski definition) is 4. The molecule has 1 amide bonds. The molecule has 0 saturated carbocycles. The lowest BCUT2D eigenvalue weighted by Crippen LogP contribution is -2.18. The number of amides is 1. The van der Waals surface area contributed by atoms with Crippen LogP contribution < -0.4 is 14.9 Å². The van der Waals surface area contributed by atoms with Gasteiger partial charge in [-0.15, -0.1) is 11.6 Å². The van der Waals surface area contributed by atoms with Gasteiger partial charge in [0.2, 0.25) is 0 Å². The Morgan fingerprint density at radius 3 is 2.82 bits per heavy atom. The van der Waals surface area contributed by atoms with E-state index in [1.807, 2.05) is 0 Å². The van der Waals surface area contributed by atoms with Crippen molar-refractivity contribution >= 4 is 23.7 Å². The predicted octanol–water partition coefficient (Wildman–Crippen LogP) is 1.39. The largest absolute Gasteiger partial charge is 0.497 e. The molecule has 0 bridgehead atoms. The minimum Gasteiger partial charge on any atom is -0.497 e. The van der Waals surface area contributed by atoms with Crippen LogP contribution in [0.1, 0.15) is 5.56 Å². The van der Waals surface area contributed by atoms with Crippen LogP contribution in [0.25, 0.3) is 0 Å². The molecule has 17 heavy (non-hydrogen) atoms. The molecule has 0 aliphatic rings. The Morgan fingerprint density at radius 2 is 2.24 bits per heavy atom. The highest BCUT2D eigenvalue weighted by molar-refractivity contribution is 6.27. The molecule has 1 aromatic rings. The molecule has 0 unspecified atom stereocenters. The summed E-state index contributed by atoms with van der Waals surface area (Å²) in [6.07, 6.45) is 1.46. The summed E-state index contributed by atoms with van der Waals surface area (Å²) in [6.45, 7) is 0. The summed E-state index contributed by atoms with van der Waals surface area (Å²) in [7, 11) is 3.12. The molecule has 0 fully saturated rings. The van der Waals surface area contributed by atoms with Gasteiger partial charge in [0.05, 0.1) is 20.4 Å². The van der Waals surface area contributed by atoms with E-state index in [-0.39, 0.29) is 11.8 Å². The quantitative estimate of drug-likeness (QED) is 0.492. The number of carbonyl (C=O) groups is 1. The van der Waals surface area contributed by atoms with Crippen molar-refractivity contribution < 1.29 is 14.3 Å². The van der Waals surface area contributed by atoms with Gasteiger partial charge in [0.25, 0.3) is 5.91 Å². The molecular formula is C11H13ClN2O3. The Morgan fingerprint density at radius 1 is 1.47 bits per heavy atom. The monoisotopic (exact) mass is 256 g/mol. The molecule has 0 aliphatic carbocycles. The number of hydrazone groups is 1. The molecule has 0 radical (unpaired) electrons. The lowest BCUT2D eigenvalue weighted by atomic mass is 10.2. The number of benzene rings is 1. The third-order valence-corrected chi connectivity index (χ3v) is 2.19. The number of halogens is 1. The van der Waals surface area contributed by atoms with Gasteiger partial charge in [0, 0.05) is 5.56 Å². The van der Waals surface area contributed by atoms with Gasteiger partial charge in [-0.05, 0) is 18.2 Å². The lowest BCUT2D eigenvalue weighted by molar-refractivity contribution is -0.118. The van der Waals surface area contributed by atoms with E-state index in [1.54, 1.807) is 32.4 Å². The molecule has 0 saturated heterocycles. The van der Waals surface area contributed by atoms with E-state index in [4.69, 9.17) is 21.1 Å². The van der Waals surface area contributed by atoms with Crippen LogP contribution in [-0.2, 0) is 4.79 Å². The van der Waals surface area contributed by atoms with Crippen molar-refractivity contribution in [3.8, 4) is 11.5 Å². The van der Waals surface area contributed by atoms with Crippen molar-refractivity contribution in [1.82, 2.24) is 5.43 Å². The normalized spacial score (nSPS) is 10.3. The van der Waals surface area contributed by atoms with Crippen LogP contribution in [0.15, 0.2) is 23.3 Å². The van der Waals surface area contributed by atoms with E-state index < -0.39 is 0 Å². The molecular weight excluding hydrogens is 244 g/mol. The maximum atomic E-state index is 10.9. The summed E-state index contributed by atoms with van der Waals surface area (Å²) in [6, 6.07) is 5.27. The van der Waals surface area contributed by atoms with Gasteiger partial charge in [-0.1, -0.05) is 0 Å². The van der Waals surface area contributed by atoms with Crippen LogP contribution in [0.2, 0.25) is 0 Å². The highest BCUT2D eigenvalue weighted by Gasteiger charge is 2.02. The number of nitrogens with one attached hydrogen (secondary N) is 1. The van der Waals surface area contributed by atoms with Gasteiger partial charge in [-0.3, -0.25) is 4.79 Å².